The normalized spacial score (nSPS) is 28.2. The van der Waals surface area contributed by atoms with E-state index in [-0.39, 0.29) is 6.61 Å². The molecular formula is C14H20N2O. The predicted octanol–water partition coefficient (Wildman–Crippen LogP) is 2.34. The van der Waals surface area contributed by atoms with E-state index in [0.717, 1.165) is 23.8 Å². The maximum absolute atomic E-state index is 9.20. The summed E-state index contributed by atoms with van der Waals surface area (Å²) in [4.78, 5) is 6.96. The minimum absolute atomic E-state index is 0.109. The van der Waals surface area contributed by atoms with Gasteiger partial charge in [-0.1, -0.05) is 6.42 Å². The molecular weight excluding hydrogens is 212 g/mol. The van der Waals surface area contributed by atoms with Gasteiger partial charge < -0.3 is 10.0 Å². The van der Waals surface area contributed by atoms with Crippen LogP contribution in [0.3, 0.4) is 0 Å². The maximum Gasteiger partial charge on any atom is 0.129 e. The molecule has 3 heteroatoms. The topological polar surface area (TPSA) is 36.4 Å². The fraction of sp³-hybridized carbons (Fsp3) is 0.643. The smallest absolute Gasteiger partial charge is 0.129 e. The Morgan fingerprint density at radius 3 is 3.06 bits per heavy atom. The van der Waals surface area contributed by atoms with Crippen molar-refractivity contribution in [2.75, 3.05) is 11.4 Å². The zero-order chi connectivity index (χ0) is 11.7. The Bertz CT molecular complexity index is 394. The molecule has 1 N–H and O–H groups in total. The van der Waals surface area contributed by atoms with Crippen LogP contribution in [0.2, 0.25) is 0 Å². The summed E-state index contributed by atoms with van der Waals surface area (Å²) in [5.41, 5.74) is 0.968. The Kier molecular flexibility index (Phi) is 3.02. The summed E-state index contributed by atoms with van der Waals surface area (Å²) in [6.07, 6.45) is 8.56. The van der Waals surface area contributed by atoms with Gasteiger partial charge in [0.05, 0.1) is 6.61 Å². The predicted molar refractivity (Wildman–Crippen MR) is 67.9 cm³/mol. The van der Waals surface area contributed by atoms with Crippen LogP contribution < -0.4 is 4.90 Å². The summed E-state index contributed by atoms with van der Waals surface area (Å²) < 4.78 is 0. The number of aliphatic hydroxyl groups is 1. The van der Waals surface area contributed by atoms with E-state index >= 15 is 0 Å². The van der Waals surface area contributed by atoms with Crippen molar-refractivity contribution in [2.45, 2.75) is 44.8 Å². The number of rotatable bonds is 2. The van der Waals surface area contributed by atoms with Crippen molar-refractivity contribution < 1.29 is 5.11 Å². The Hall–Kier alpha value is -1.09. The number of aromatic nitrogens is 1. The lowest BCUT2D eigenvalue weighted by Gasteiger charge is -2.38. The Labute approximate surface area is 102 Å². The standard InChI is InChI=1S/C14H20N2O/c17-10-11-6-7-15-14(9-11)16-8-2-4-12-3-1-5-13(12)16/h6-7,9,12-13,17H,1-5,8,10H2. The lowest BCUT2D eigenvalue weighted by Crippen LogP contribution is -2.43. The molecule has 92 valence electrons. The summed E-state index contributed by atoms with van der Waals surface area (Å²) in [5, 5.41) is 9.20. The van der Waals surface area contributed by atoms with E-state index in [9.17, 15) is 5.11 Å². The van der Waals surface area contributed by atoms with Crippen LogP contribution in [0.4, 0.5) is 5.82 Å². The molecule has 17 heavy (non-hydrogen) atoms. The molecule has 3 nitrogen and oxygen atoms in total. The molecule has 2 aliphatic rings. The first-order valence-corrected chi connectivity index (χ1v) is 6.71. The average Bonchev–Trinajstić information content (AvgIpc) is 2.87. The molecule has 2 atom stereocenters. The summed E-state index contributed by atoms with van der Waals surface area (Å²) in [6, 6.07) is 4.63. The van der Waals surface area contributed by atoms with Crippen LogP contribution in [0.1, 0.15) is 37.7 Å². The molecule has 0 radical (unpaired) electrons. The second-order valence-corrected chi connectivity index (χ2v) is 5.27. The monoisotopic (exact) mass is 232 g/mol. The Balaban J connectivity index is 1.86. The van der Waals surface area contributed by atoms with E-state index in [4.69, 9.17) is 0 Å². The molecule has 1 aromatic heterocycles. The number of fused-ring (bicyclic) bond motifs is 1. The Morgan fingerprint density at radius 2 is 2.18 bits per heavy atom. The second-order valence-electron chi connectivity index (χ2n) is 5.27. The van der Waals surface area contributed by atoms with Crippen molar-refractivity contribution >= 4 is 5.82 Å². The van der Waals surface area contributed by atoms with Gasteiger partial charge >= 0.3 is 0 Å². The highest BCUT2D eigenvalue weighted by Crippen LogP contribution is 2.38. The molecule has 1 aliphatic heterocycles. The first kappa shape index (κ1) is 11.0. The molecule has 0 bridgehead atoms. The fourth-order valence-corrected chi connectivity index (χ4v) is 3.45. The number of hydrogen-bond donors (Lipinski definition) is 1. The summed E-state index contributed by atoms with van der Waals surface area (Å²) >= 11 is 0. The van der Waals surface area contributed by atoms with E-state index in [0.29, 0.717) is 6.04 Å². The van der Waals surface area contributed by atoms with Crippen LogP contribution in [0.5, 0.6) is 0 Å². The first-order valence-electron chi connectivity index (χ1n) is 6.71. The van der Waals surface area contributed by atoms with Crippen LogP contribution in [0.15, 0.2) is 18.3 Å². The van der Waals surface area contributed by atoms with Crippen molar-refractivity contribution in [1.82, 2.24) is 4.98 Å². The van der Waals surface area contributed by atoms with Gasteiger partial charge in [0.25, 0.3) is 0 Å². The van der Waals surface area contributed by atoms with E-state index in [1.807, 2.05) is 18.3 Å². The molecule has 0 amide bonds. The fourth-order valence-electron chi connectivity index (χ4n) is 3.45. The van der Waals surface area contributed by atoms with Gasteiger partial charge in [0.15, 0.2) is 0 Å². The van der Waals surface area contributed by atoms with Crippen molar-refractivity contribution in [3.05, 3.63) is 23.9 Å². The van der Waals surface area contributed by atoms with E-state index in [1.54, 1.807) is 0 Å². The van der Waals surface area contributed by atoms with Gasteiger partial charge in [-0.05, 0) is 49.3 Å². The quantitative estimate of drug-likeness (QED) is 0.850. The summed E-state index contributed by atoms with van der Waals surface area (Å²) in [6.45, 7) is 1.24. The van der Waals surface area contributed by atoms with E-state index in [1.165, 1.54) is 32.1 Å². The SMILES string of the molecule is OCc1ccnc(N2CCCC3CCCC32)c1. The molecule has 1 aromatic rings. The largest absolute Gasteiger partial charge is 0.392 e. The highest BCUT2D eigenvalue weighted by molar-refractivity contribution is 5.43. The molecule has 1 saturated heterocycles. The third kappa shape index (κ3) is 2.04. The van der Waals surface area contributed by atoms with Crippen LogP contribution in [0.25, 0.3) is 0 Å². The van der Waals surface area contributed by atoms with Crippen LogP contribution in [0, 0.1) is 5.92 Å². The number of pyridine rings is 1. The number of aliphatic hydroxyl groups excluding tert-OH is 1. The van der Waals surface area contributed by atoms with Gasteiger partial charge in [-0.25, -0.2) is 4.98 Å². The van der Waals surface area contributed by atoms with Crippen molar-refractivity contribution in [3.63, 3.8) is 0 Å². The summed E-state index contributed by atoms with van der Waals surface area (Å²) in [7, 11) is 0. The van der Waals surface area contributed by atoms with Crippen molar-refractivity contribution in [3.8, 4) is 0 Å². The minimum Gasteiger partial charge on any atom is -0.392 e. The number of anilines is 1. The van der Waals surface area contributed by atoms with Gasteiger partial charge in [-0.15, -0.1) is 0 Å². The van der Waals surface area contributed by atoms with Crippen LogP contribution in [-0.2, 0) is 6.61 Å². The van der Waals surface area contributed by atoms with Gasteiger partial charge in [-0.2, -0.15) is 0 Å². The van der Waals surface area contributed by atoms with Gasteiger partial charge in [-0.3, -0.25) is 0 Å². The minimum atomic E-state index is 0.109. The molecule has 2 fully saturated rings. The molecule has 0 spiro atoms. The first-order chi connectivity index (χ1) is 8.38. The third-order valence-corrected chi connectivity index (χ3v) is 4.28. The Morgan fingerprint density at radius 1 is 1.29 bits per heavy atom. The van der Waals surface area contributed by atoms with Crippen molar-refractivity contribution in [2.24, 2.45) is 5.92 Å². The van der Waals surface area contributed by atoms with Gasteiger partial charge in [0.2, 0.25) is 0 Å². The third-order valence-electron chi connectivity index (χ3n) is 4.28. The molecule has 2 heterocycles. The molecule has 2 unspecified atom stereocenters. The molecule has 3 rings (SSSR count). The maximum atomic E-state index is 9.20. The molecule has 0 aromatic carbocycles. The zero-order valence-electron chi connectivity index (χ0n) is 10.2. The molecule has 1 aliphatic carbocycles. The van der Waals surface area contributed by atoms with Crippen LogP contribution >= 0.6 is 0 Å². The van der Waals surface area contributed by atoms with Crippen molar-refractivity contribution in [1.29, 1.82) is 0 Å². The molecule has 1 saturated carbocycles. The average molecular weight is 232 g/mol. The lowest BCUT2D eigenvalue weighted by molar-refractivity contribution is 0.281. The number of piperidine rings is 1. The van der Waals surface area contributed by atoms with E-state index in [2.05, 4.69) is 9.88 Å². The second kappa shape index (κ2) is 4.65. The highest BCUT2D eigenvalue weighted by atomic mass is 16.3. The van der Waals surface area contributed by atoms with Gasteiger partial charge in [0.1, 0.15) is 5.82 Å². The number of nitrogens with zero attached hydrogens (tertiary/aromatic N) is 2. The zero-order valence-corrected chi connectivity index (χ0v) is 10.2. The number of hydrogen-bond acceptors (Lipinski definition) is 3. The highest BCUT2D eigenvalue weighted by Gasteiger charge is 2.35. The van der Waals surface area contributed by atoms with Gasteiger partial charge in [0, 0.05) is 18.8 Å². The van der Waals surface area contributed by atoms with E-state index < -0.39 is 0 Å². The lowest BCUT2D eigenvalue weighted by atomic mass is 9.92. The summed E-state index contributed by atoms with van der Waals surface area (Å²) in [5.74, 6) is 1.94. The van der Waals surface area contributed by atoms with Crippen LogP contribution in [-0.4, -0.2) is 22.7 Å².